The van der Waals surface area contributed by atoms with Gasteiger partial charge in [0.25, 0.3) is 0 Å². The number of nitrogens with two attached hydrogens (primary N) is 1. The van der Waals surface area contributed by atoms with Gasteiger partial charge in [0.15, 0.2) is 0 Å². The molecule has 3 aliphatic rings. The van der Waals surface area contributed by atoms with Crippen molar-refractivity contribution in [2.75, 3.05) is 5.32 Å². The summed E-state index contributed by atoms with van der Waals surface area (Å²) in [5.41, 5.74) is 9.69. The summed E-state index contributed by atoms with van der Waals surface area (Å²) >= 11 is 0. The molecule has 2 aromatic rings. The molecule has 2 saturated carbocycles. The van der Waals surface area contributed by atoms with Gasteiger partial charge in [-0.05, 0) is 81.0 Å². The molecule has 0 radical (unpaired) electrons. The molecule has 1 aromatic carbocycles. The van der Waals surface area contributed by atoms with Crippen LogP contribution < -0.4 is 11.1 Å². The Balaban J connectivity index is 0.00000128. The first kappa shape index (κ1) is 23.1. The van der Waals surface area contributed by atoms with Crippen molar-refractivity contribution in [2.45, 2.75) is 64.0 Å². The topological polar surface area (TPSA) is 72.9 Å². The van der Waals surface area contributed by atoms with Crippen LogP contribution in [0.15, 0.2) is 30.5 Å². The highest BCUT2D eigenvalue weighted by atomic mass is 35.5. The third-order valence-electron chi connectivity index (χ3n) is 7.20. The molecule has 5 rings (SSSR count). The van der Waals surface area contributed by atoms with Gasteiger partial charge in [-0.1, -0.05) is 6.42 Å². The third-order valence-corrected chi connectivity index (χ3v) is 7.20. The van der Waals surface area contributed by atoms with E-state index in [0.717, 1.165) is 42.9 Å². The normalized spacial score (nSPS) is 27.2. The first-order chi connectivity index (χ1) is 13.7. The van der Waals surface area contributed by atoms with Crippen molar-refractivity contribution in [1.29, 1.82) is 0 Å². The van der Waals surface area contributed by atoms with E-state index in [9.17, 15) is 4.79 Å². The smallest absolute Gasteiger partial charge is 0.227 e. The molecule has 0 spiro atoms. The Morgan fingerprint density at radius 1 is 1.03 bits per heavy atom. The van der Waals surface area contributed by atoms with E-state index in [1.165, 1.54) is 37.8 Å². The first-order valence-electron chi connectivity index (χ1n) is 10.9. The minimum atomic E-state index is 0. The number of amides is 1. The van der Waals surface area contributed by atoms with Gasteiger partial charge >= 0.3 is 0 Å². The quantitative estimate of drug-likeness (QED) is 0.703. The number of nitrogens with zero attached hydrogens (tertiary/aromatic N) is 2. The number of hydrogen-bond donors (Lipinski definition) is 2. The van der Waals surface area contributed by atoms with Gasteiger partial charge in [-0.25, -0.2) is 4.98 Å². The molecular formula is C23H32Cl2N4O. The van der Waals surface area contributed by atoms with E-state index in [1.54, 1.807) is 0 Å². The van der Waals surface area contributed by atoms with Gasteiger partial charge in [-0.3, -0.25) is 4.79 Å². The number of halogens is 2. The Hall–Kier alpha value is -1.56. The van der Waals surface area contributed by atoms with Gasteiger partial charge in [0.2, 0.25) is 5.91 Å². The van der Waals surface area contributed by atoms with E-state index in [-0.39, 0.29) is 36.6 Å². The molecule has 3 N–H and O–H groups in total. The maximum Gasteiger partial charge on any atom is 0.227 e. The average molecular weight is 451 g/mol. The summed E-state index contributed by atoms with van der Waals surface area (Å²) in [7, 11) is 0. The second-order valence-electron chi connectivity index (χ2n) is 8.95. The lowest BCUT2D eigenvalue weighted by Gasteiger charge is -2.43. The molecule has 2 unspecified atom stereocenters. The maximum absolute atomic E-state index is 12.8. The molecule has 0 saturated heterocycles. The summed E-state index contributed by atoms with van der Waals surface area (Å²) in [5.74, 6) is 2.36. The van der Waals surface area contributed by atoms with Crippen LogP contribution in [-0.4, -0.2) is 21.5 Å². The number of hydrogen-bond acceptors (Lipinski definition) is 3. The van der Waals surface area contributed by atoms with Crippen LogP contribution in [0.1, 0.15) is 50.6 Å². The second-order valence-corrected chi connectivity index (χ2v) is 8.95. The molecule has 1 aromatic heterocycles. The molecule has 30 heavy (non-hydrogen) atoms. The summed E-state index contributed by atoms with van der Waals surface area (Å²) in [4.78, 5) is 17.5. The number of benzene rings is 1. The van der Waals surface area contributed by atoms with Crippen LogP contribution in [-0.2, 0) is 17.8 Å². The second kappa shape index (κ2) is 9.71. The standard InChI is InChI=1S/C23H30N4O.2ClH/c24-21-16-4-3-5-17(21)13-18(12-16)23(28)26-19-9-7-15(8-10-19)22-25-14-20-6-1-2-11-27(20)22;;/h7-10,14,16-18,21H,1-6,11-13,24H2,(H,26,28);2*1H. The van der Waals surface area contributed by atoms with Crippen LogP contribution in [0.2, 0.25) is 0 Å². The highest BCUT2D eigenvalue weighted by Gasteiger charge is 2.40. The monoisotopic (exact) mass is 450 g/mol. The molecule has 5 nitrogen and oxygen atoms in total. The lowest BCUT2D eigenvalue weighted by molar-refractivity contribution is -0.122. The summed E-state index contributed by atoms with van der Waals surface area (Å²) < 4.78 is 2.33. The fraction of sp³-hybridized carbons (Fsp3) is 0.565. The zero-order valence-electron chi connectivity index (χ0n) is 17.3. The van der Waals surface area contributed by atoms with Gasteiger partial charge in [-0.2, -0.15) is 0 Å². The van der Waals surface area contributed by atoms with Crippen molar-refractivity contribution >= 4 is 36.4 Å². The first-order valence-corrected chi connectivity index (χ1v) is 10.9. The van der Waals surface area contributed by atoms with E-state index in [1.807, 2.05) is 18.3 Å². The van der Waals surface area contributed by atoms with Gasteiger partial charge < -0.3 is 15.6 Å². The minimum absolute atomic E-state index is 0. The molecule has 2 atom stereocenters. The molecule has 1 aliphatic heterocycles. The lowest BCUT2D eigenvalue weighted by atomic mass is 9.65. The number of aromatic nitrogens is 2. The Kier molecular flexibility index (Phi) is 7.48. The molecule has 1 amide bonds. The van der Waals surface area contributed by atoms with Gasteiger partial charge in [-0.15, -0.1) is 24.8 Å². The number of aryl methyl sites for hydroxylation is 1. The summed E-state index contributed by atoms with van der Waals surface area (Å²) in [6, 6.07) is 8.47. The molecule has 2 bridgehead atoms. The number of nitrogens with one attached hydrogen (secondary N) is 1. The van der Waals surface area contributed by atoms with Crippen LogP contribution in [0.4, 0.5) is 5.69 Å². The predicted octanol–water partition coefficient (Wildman–Crippen LogP) is 4.82. The van der Waals surface area contributed by atoms with Crippen LogP contribution in [0.3, 0.4) is 0 Å². The van der Waals surface area contributed by atoms with Gasteiger partial charge in [0.1, 0.15) is 5.82 Å². The van der Waals surface area contributed by atoms with E-state index in [2.05, 4.69) is 27.0 Å². The number of fused-ring (bicyclic) bond motifs is 3. The predicted molar refractivity (Wildman–Crippen MR) is 125 cm³/mol. The van der Waals surface area contributed by atoms with E-state index >= 15 is 0 Å². The van der Waals surface area contributed by atoms with E-state index < -0.39 is 0 Å². The third kappa shape index (κ3) is 4.39. The molecule has 2 aliphatic carbocycles. The Bertz CT molecular complexity index is 853. The van der Waals surface area contributed by atoms with Gasteiger partial charge in [0.05, 0.1) is 0 Å². The van der Waals surface area contributed by atoms with Crippen LogP contribution in [0.5, 0.6) is 0 Å². The van der Waals surface area contributed by atoms with Crippen LogP contribution in [0.25, 0.3) is 11.4 Å². The molecule has 164 valence electrons. The fourth-order valence-electron chi connectivity index (χ4n) is 5.62. The minimum Gasteiger partial charge on any atom is -0.328 e. The Labute approximate surface area is 191 Å². The highest BCUT2D eigenvalue weighted by molar-refractivity contribution is 5.92. The largest absolute Gasteiger partial charge is 0.328 e. The number of carbonyl (C=O) groups excluding carboxylic acids is 1. The number of carbonyl (C=O) groups is 1. The molecule has 2 heterocycles. The van der Waals surface area contributed by atoms with Crippen molar-refractivity contribution < 1.29 is 4.79 Å². The van der Waals surface area contributed by atoms with Crippen LogP contribution in [0, 0.1) is 17.8 Å². The lowest BCUT2D eigenvalue weighted by Crippen LogP contribution is -2.48. The van der Waals surface area contributed by atoms with Crippen molar-refractivity contribution in [1.82, 2.24) is 9.55 Å². The number of anilines is 1. The van der Waals surface area contributed by atoms with E-state index in [4.69, 9.17) is 5.73 Å². The molecular weight excluding hydrogens is 419 g/mol. The zero-order chi connectivity index (χ0) is 19.1. The van der Waals surface area contributed by atoms with Crippen molar-refractivity contribution in [3.63, 3.8) is 0 Å². The highest BCUT2D eigenvalue weighted by Crippen LogP contribution is 2.42. The summed E-state index contributed by atoms with van der Waals surface area (Å²) in [5, 5.41) is 3.14. The van der Waals surface area contributed by atoms with Crippen LogP contribution >= 0.6 is 24.8 Å². The summed E-state index contributed by atoms with van der Waals surface area (Å²) in [6.45, 7) is 1.05. The van der Waals surface area contributed by atoms with E-state index in [0.29, 0.717) is 17.9 Å². The Morgan fingerprint density at radius 3 is 2.43 bits per heavy atom. The molecule has 2 fully saturated rings. The SMILES string of the molecule is Cl.Cl.NC1C2CCCC1CC(C(=O)Nc1ccc(-c3ncc4n3CCCC4)cc1)C2. The maximum atomic E-state index is 12.8. The fourth-order valence-corrected chi connectivity index (χ4v) is 5.62. The van der Waals surface area contributed by atoms with Crippen molar-refractivity contribution in [3.8, 4) is 11.4 Å². The van der Waals surface area contributed by atoms with Gasteiger partial charge in [0, 0.05) is 41.6 Å². The van der Waals surface area contributed by atoms with Crippen molar-refractivity contribution in [2.24, 2.45) is 23.5 Å². The van der Waals surface area contributed by atoms with Crippen molar-refractivity contribution in [3.05, 3.63) is 36.2 Å². The number of imidazole rings is 1. The Morgan fingerprint density at radius 2 is 1.73 bits per heavy atom. The average Bonchev–Trinajstić information content (AvgIpc) is 3.12. The summed E-state index contributed by atoms with van der Waals surface area (Å²) in [6.07, 6.45) is 11.1. The molecule has 7 heteroatoms. The zero-order valence-corrected chi connectivity index (χ0v) is 18.9. The number of rotatable bonds is 3.